The fourth-order valence-corrected chi connectivity index (χ4v) is 2.02. The van der Waals surface area contributed by atoms with Gasteiger partial charge in [0.25, 0.3) is 0 Å². The summed E-state index contributed by atoms with van der Waals surface area (Å²) in [7, 11) is 0. The summed E-state index contributed by atoms with van der Waals surface area (Å²) >= 11 is 0. The number of hydrogen-bond donors (Lipinski definition) is 3. The third kappa shape index (κ3) is 2.78. The van der Waals surface area contributed by atoms with Crippen molar-refractivity contribution >= 4 is 11.5 Å². The number of nitrogens with one attached hydrogen (secondary N) is 1. The summed E-state index contributed by atoms with van der Waals surface area (Å²) in [5, 5.41) is 13.7. The summed E-state index contributed by atoms with van der Waals surface area (Å²) in [6.07, 6.45) is 1.64. The number of nitrogens with two attached hydrogens (primary N) is 1. The van der Waals surface area contributed by atoms with Gasteiger partial charge in [0.2, 0.25) is 0 Å². The zero-order valence-electron chi connectivity index (χ0n) is 10.4. The van der Waals surface area contributed by atoms with Crippen LogP contribution in [-0.2, 0) is 0 Å². The van der Waals surface area contributed by atoms with E-state index in [1.165, 1.54) is 0 Å². The van der Waals surface area contributed by atoms with E-state index in [2.05, 4.69) is 10.5 Å². The molecule has 0 radical (unpaired) electrons. The lowest BCUT2D eigenvalue weighted by molar-refractivity contribution is 0.315. The van der Waals surface area contributed by atoms with E-state index in [0.717, 1.165) is 0 Å². The molecule has 0 heterocycles. The molecule has 1 aliphatic rings. The molecule has 0 aliphatic heterocycles. The van der Waals surface area contributed by atoms with E-state index in [9.17, 15) is 17.6 Å². The van der Waals surface area contributed by atoms with Crippen LogP contribution in [0, 0.1) is 28.7 Å². The highest BCUT2D eigenvalue weighted by Gasteiger charge is 2.43. The number of nitrogens with zero attached hydrogens (tertiary/aromatic N) is 1. The molecule has 1 aromatic carbocycles. The highest BCUT2D eigenvalue weighted by molar-refractivity contribution is 5.80. The van der Waals surface area contributed by atoms with Crippen LogP contribution in [0.4, 0.5) is 23.2 Å². The van der Waals surface area contributed by atoms with Gasteiger partial charge in [0.15, 0.2) is 23.3 Å². The fraction of sp³-hybridized carbons (Fsp3) is 0.417. The van der Waals surface area contributed by atoms with Crippen molar-refractivity contribution in [2.24, 2.45) is 16.3 Å². The van der Waals surface area contributed by atoms with Gasteiger partial charge in [-0.25, -0.2) is 17.6 Å². The number of hydrogen-bond acceptors (Lipinski definition) is 3. The summed E-state index contributed by atoms with van der Waals surface area (Å²) in [5.74, 6) is -5.87. The third-order valence-corrected chi connectivity index (χ3v) is 3.39. The Morgan fingerprint density at radius 1 is 1.25 bits per heavy atom. The number of anilines is 1. The fourth-order valence-electron chi connectivity index (χ4n) is 2.02. The third-order valence-electron chi connectivity index (χ3n) is 3.39. The molecule has 4 nitrogen and oxygen atoms in total. The van der Waals surface area contributed by atoms with Gasteiger partial charge in [0.1, 0.15) is 11.5 Å². The Balaban J connectivity index is 2.12. The minimum atomic E-state index is -1.47. The van der Waals surface area contributed by atoms with Crippen molar-refractivity contribution in [3.05, 3.63) is 29.3 Å². The minimum Gasteiger partial charge on any atom is -0.409 e. The molecule has 0 aromatic heterocycles. The molecule has 0 bridgehead atoms. The van der Waals surface area contributed by atoms with Crippen LogP contribution in [0.25, 0.3) is 0 Å². The molecule has 0 atom stereocenters. The van der Waals surface area contributed by atoms with Crippen LogP contribution in [0.15, 0.2) is 11.2 Å². The SMILES string of the molecule is N/C(CC1(CNc2c(F)c(F)cc(F)c2F)CC1)=N/O. The summed E-state index contributed by atoms with van der Waals surface area (Å²) in [6, 6.07) is 0.152. The lowest BCUT2D eigenvalue weighted by Gasteiger charge is -2.17. The number of oxime groups is 1. The summed E-state index contributed by atoms with van der Waals surface area (Å²) in [4.78, 5) is 0. The van der Waals surface area contributed by atoms with Crippen LogP contribution in [0.3, 0.4) is 0 Å². The molecule has 2 rings (SSSR count). The van der Waals surface area contributed by atoms with E-state index < -0.39 is 34.4 Å². The zero-order valence-corrected chi connectivity index (χ0v) is 10.4. The standard InChI is InChI=1S/C12H13F4N3O/c13-6-3-7(14)10(16)11(9(6)15)18-5-12(1-2-12)4-8(17)19-20/h3,18,20H,1-2,4-5H2,(H2,17,19). The van der Waals surface area contributed by atoms with Gasteiger partial charge in [-0.05, 0) is 18.3 Å². The first-order valence-corrected chi connectivity index (χ1v) is 5.92. The largest absolute Gasteiger partial charge is 0.409 e. The quantitative estimate of drug-likeness (QED) is 0.195. The monoisotopic (exact) mass is 291 g/mol. The van der Waals surface area contributed by atoms with Crippen molar-refractivity contribution < 1.29 is 22.8 Å². The molecule has 110 valence electrons. The van der Waals surface area contributed by atoms with Crippen LogP contribution in [-0.4, -0.2) is 17.6 Å². The number of amidine groups is 1. The van der Waals surface area contributed by atoms with E-state index in [1.807, 2.05) is 0 Å². The van der Waals surface area contributed by atoms with Crippen molar-refractivity contribution in [3.63, 3.8) is 0 Å². The van der Waals surface area contributed by atoms with Gasteiger partial charge >= 0.3 is 0 Å². The van der Waals surface area contributed by atoms with E-state index in [4.69, 9.17) is 10.9 Å². The zero-order chi connectivity index (χ0) is 14.9. The van der Waals surface area contributed by atoms with E-state index in [1.54, 1.807) is 0 Å². The Labute approximate surface area is 112 Å². The normalized spacial score (nSPS) is 17.1. The molecule has 1 aliphatic carbocycles. The van der Waals surface area contributed by atoms with Crippen molar-refractivity contribution in [2.75, 3.05) is 11.9 Å². The molecule has 0 amide bonds. The van der Waals surface area contributed by atoms with E-state index >= 15 is 0 Å². The Morgan fingerprint density at radius 3 is 2.25 bits per heavy atom. The molecule has 20 heavy (non-hydrogen) atoms. The lowest BCUT2D eigenvalue weighted by atomic mass is 10.0. The Hall–Kier alpha value is -1.99. The second-order valence-electron chi connectivity index (χ2n) is 4.96. The predicted octanol–water partition coefficient (Wildman–Crippen LogP) is 2.57. The van der Waals surface area contributed by atoms with Crippen LogP contribution in [0.5, 0.6) is 0 Å². The topological polar surface area (TPSA) is 70.6 Å². The molecule has 1 saturated carbocycles. The highest BCUT2D eigenvalue weighted by Crippen LogP contribution is 2.49. The second kappa shape index (κ2) is 5.18. The predicted molar refractivity (Wildman–Crippen MR) is 64.5 cm³/mol. The average molecular weight is 291 g/mol. The lowest BCUT2D eigenvalue weighted by Crippen LogP contribution is -2.24. The summed E-state index contributed by atoms with van der Waals surface area (Å²) < 4.78 is 52.9. The van der Waals surface area contributed by atoms with Gasteiger partial charge in [-0.2, -0.15) is 0 Å². The molecule has 0 unspecified atom stereocenters. The molecule has 8 heteroatoms. The first kappa shape index (κ1) is 14.4. The maximum absolute atomic E-state index is 13.4. The van der Waals surface area contributed by atoms with Crippen molar-refractivity contribution in [3.8, 4) is 0 Å². The maximum Gasteiger partial charge on any atom is 0.185 e. The van der Waals surface area contributed by atoms with Crippen LogP contribution >= 0.6 is 0 Å². The van der Waals surface area contributed by atoms with Gasteiger partial charge in [-0.15, -0.1) is 0 Å². The van der Waals surface area contributed by atoms with E-state index in [0.29, 0.717) is 12.8 Å². The molecule has 0 saturated heterocycles. The van der Waals surface area contributed by atoms with Crippen LogP contribution in [0.1, 0.15) is 19.3 Å². The molecule has 1 fully saturated rings. The van der Waals surface area contributed by atoms with Crippen LogP contribution in [0.2, 0.25) is 0 Å². The van der Waals surface area contributed by atoms with Crippen LogP contribution < -0.4 is 11.1 Å². The number of rotatable bonds is 5. The molecule has 1 aromatic rings. The molecule has 4 N–H and O–H groups in total. The number of benzene rings is 1. The van der Waals surface area contributed by atoms with Crippen molar-refractivity contribution in [1.82, 2.24) is 0 Å². The first-order valence-electron chi connectivity index (χ1n) is 5.92. The van der Waals surface area contributed by atoms with Crippen molar-refractivity contribution in [2.45, 2.75) is 19.3 Å². The summed E-state index contributed by atoms with van der Waals surface area (Å²) in [5.41, 5.74) is 4.14. The number of halogens is 4. The average Bonchev–Trinajstić information content (AvgIpc) is 3.16. The Kier molecular flexibility index (Phi) is 3.74. The van der Waals surface area contributed by atoms with Gasteiger partial charge in [0, 0.05) is 19.0 Å². The smallest absolute Gasteiger partial charge is 0.185 e. The van der Waals surface area contributed by atoms with E-state index in [-0.39, 0.29) is 24.9 Å². The van der Waals surface area contributed by atoms with Gasteiger partial charge in [-0.1, -0.05) is 5.16 Å². The van der Waals surface area contributed by atoms with Gasteiger partial charge < -0.3 is 16.3 Å². The molecular formula is C12H13F4N3O. The minimum absolute atomic E-state index is 0.00401. The molecule has 0 spiro atoms. The Bertz CT molecular complexity index is 532. The summed E-state index contributed by atoms with van der Waals surface area (Å²) in [6.45, 7) is 0.0694. The second-order valence-corrected chi connectivity index (χ2v) is 4.96. The first-order chi connectivity index (χ1) is 9.38. The van der Waals surface area contributed by atoms with Gasteiger partial charge in [-0.3, -0.25) is 0 Å². The van der Waals surface area contributed by atoms with Crippen molar-refractivity contribution in [1.29, 1.82) is 0 Å². The Morgan fingerprint density at radius 2 is 1.80 bits per heavy atom. The highest BCUT2D eigenvalue weighted by atomic mass is 19.2. The molecular weight excluding hydrogens is 278 g/mol. The van der Waals surface area contributed by atoms with Gasteiger partial charge in [0.05, 0.1) is 0 Å². The maximum atomic E-state index is 13.4.